The lowest BCUT2D eigenvalue weighted by atomic mass is 10.1. The molecule has 0 spiro atoms. The third-order valence-electron chi connectivity index (χ3n) is 1.88. The molecule has 0 aliphatic rings. The van der Waals surface area contributed by atoms with E-state index in [1.807, 2.05) is 0 Å². The fourth-order valence-electron chi connectivity index (χ4n) is 1.32. The van der Waals surface area contributed by atoms with E-state index in [0.29, 0.717) is 5.56 Å². The van der Waals surface area contributed by atoms with Crippen LogP contribution < -0.4 is 4.72 Å². The predicted molar refractivity (Wildman–Crippen MR) is 61.2 cm³/mol. The van der Waals surface area contributed by atoms with Crippen molar-refractivity contribution in [2.75, 3.05) is 0 Å². The first-order valence-corrected chi connectivity index (χ1v) is 6.40. The molecular formula is C11H16FNO2S. The van der Waals surface area contributed by atoms with Crippen LogP contribution >= 0.6 is 0 Å². The zero-order chi connectivity index (χ0) is 12.6. The minimum Gasteiger partial charge on any atom is -0.207 e. The normalized spacial score (nSPS) is 12.8. The number of benzene rings is 1. The van der Waals surface area contributed by atoms with Crippen LogP contribution in [0.4, 0.5) is 4.39 Å². The Labute approximate surface area is 95.7 Å². The summed E-state index contributed by atoms with van der Waals surface area (Å²) >= 11 is 0. The number of rotatable bonds is 2. The van der Waals surface area contributed by atoms with Gasteiger partial charge < -0.3 is 0 Å². The molecule has 1 rings (SSSR count). The molecule has 0 aliphatic carbocycles. The molecule has 1 aromatic carbocycles. The minimum absolute atomic E-state index is 0.0116. The summed E-state index contributed by atoms with van der Waals surface area (Å²) in [6.07, 6.45) is 0. The van der Waals surface area contributed by atoms with Gasteiger partial charge in [0.2, 0.25) is 10.0 Å². The number of sulfonamides is 1. The largest absolute Gasteiger partial charge is 0.241 e. The molecule has 0 aromatic heterocycles. The zero-order valence-electron chi connectivity index (χ0n) is 9.83. The van der Waals surface area contributed by atoms with Gasteiger partial charge in [-0.1, -0.05) is 6.07 Å². The lowest BCUT2D eigenvalue weighted by Gasteiger charge is -2.21. The van der Waals surface area contributed by atoms with Crippen molar-refractivity contribution in [2.24, 2.45) is 0 Å². The van der Waals surface area contributed by atoms with Gasteiger partial charge in [0.1, 0.15) is 5.82 Å². The van der Waals surface area contributed by atoms with Crippen molar-refractivity contribution in [1.82, 2.24) is 4.72 Å². The zero-order valence-corrected chi connectivity index (χ0v) is 10.7. The molecule has 0 fully saturated rings. The Hall–Kier alpha value is -0.940. The van der Waals surface area contributed by atoms with Crippen molar-refractivity contribution in [3.05, 3.63) is 29.6 Å². The van der Waals surface area contributed by atoms with E-state index in [1.54, 1.807) is 27.7 Å². The van der Waals surface area contributed by atoms with Crippen molar-refractivity contribution in [1.29, 1.82) is 0 Å². The topological polar surface area (TPSA) is 46.2 Å². The standard InChI is InChI=1S/C11H16FNO2S/c1-8-5-6-9(12)7-10(8)16(14,15)13-11(2,3)4/h5-7,13H,1-4H3. The van der Waals surface area contributed by atoms with E-state index in [4.69, 9.17) is 0 Å². The Morgan fingerprint density at radius 3 is 2.31 bits per heavy atom. The van der Waals surface area contributed by atoms with E-state index in [-0.39, 0.29) is 4.90 Å². The van der Waals surface area contributed by atoms with Crippen LogP contribution in [0.25, 0.3) is 0 Å². The van der Waals surface area contributed by atoms with Gasteiger partial charge in [0.05, 0.1) is 4.90 Å². The van der Waals surface area contributed by atoms with Gasteiger partial charge in [0.25, 0.3) is 0 Å². The summed E-state index contributed by atoms with van der Waals surface area (Å²) in [5, 5.41) is 0. The average molecular weight is 245 g/mol. The maximum Gasteiger partial charge on any atom is 0.241 e. The van der Waals surface area contributed by atoms with Gasteiger partial charge in [-0.2, -0.15) is 0 Å². The molecule has 0 saturated carbocycles. The fourth-order valence-corrected chi connectivity index (χ4v) is 3.00. The highest BCUT2D eigenvalue weighted by Crippen LogP contribution is 2.18. The van der Waals surface area contributed by atoms with Gasteiger partial charge in [0.15, 0.2) is 0 Å². The second-order valence-corrected chi connectivity index (χ2v) is 6.42. The molecule has 0 heterocycles. The van der Waals surface area contributed by atoms with Gasteiger partial charge in [-0.3, -0.25) is 0 Å². The molecule has 0 aliphatic heterocycles. The second kappa shape index (κ2) is 4.14. The summed E-state index contributed by atoms with van der Waals surface area (Å²) in [5.41, 5.74) is -0.0597. The second-order valence-electron chi connectivity index (χ2n) is 4.77. The van der Waals surface area contributed by atoms with Gasteiger partial charge in [-0.05, 0) is 45.4 Å². The molecule has 0 saturated heterocycles. The molecule has 16 heavy (non-hydrogen) atoms. The summed E-state index contributed by atoms with van der Waals surface area (Å²) in [6, 6.07) is 3.72. The Bertz CT molecular complexity index is 489. The van der Waals surface area contributed by atoms with Crippen LogP contribution in [0.3, 0.4) is 0 Å². The number of hydrogen-bond acceptors (Lipinski definition) is 2. The summed E-state index contributed by atoms with van der Waals surface area (Å²) in [6.45, 7) is 6.84. The Morgan fingerprint density at radius 2 is 1.81 bits per heavy atom. The molecule has 5 heteroatoms. The first-order valence-electron chi connectivity index (χ1n) is 4.92. The van der Waals surface area contributed by atoms with Crippen LogP contribution in [0.2, 0.25) is 0 Å². The minimum atomic E-state index is -3.66. The predicted octanol–water partition coefficient (Wildman–Crippen LogP) is 2.21. The van der Waals surface area contributed by atoms with Crippen LogP contribution in [-0.2, 0) is 10.0 Å². The van der Waals surface area contributed by atoms with Crippen LogP contribution in [0.15, 0.2) is 23.1 Å². The van der Waals surface area contributed by atoms with E-state index < -0.39 is 21.4 Å². The fraction of sp³-hybridized carbons (Fsp3) is 0.455. The molecular weight excluding hydrogens is 229 g/mol. The SMILES string of the molecule is Cc1ccc(F)cc1S(=O)(=O)NC(C)(C)C. The number of nitrogens with one attached hydrogen (secondary N) is 1. The van der Waals surface area contributed by atoms with Crippen LogP contribution in [-0.4, -0.2) is 14.0 Å². The first kappa shape index (κ1) is 13.1. The lowest BCUT2D eigenvalue weighted by molar-refractivity contribution is 0.490. The maximum atomic E-state index is 13.0. The van der Waals surface area contributed by atoms with E-state index in [2.05, 4.69) is 4.72 Å². The van der Waals surface area contributed by atoms with Gasteiger partial charge in [-0.25, -0.2) is 17.5 Å². The highest BCUT2D eigenvalue weighted by atomic mass is 32.2. The smallest absolute Gasteiger partial charge is 0.207 e. The Balaban J connectivity index is 3.22. The molecule has 0 radical (unpaired) electrons. The number of halogens is 1. The van der Waals surface area contributed by atoms with Gasteiger partial charge in [0, 0.05) is 5.54 Å². The Morgan fingerprint density at radius 1 is 1.25 bits per heavy atom. The molecule has 3 nitrogen and oxygen atoms in total. The van der Waals surface area contributed by atoms with E-state index in [1.165, 1.54) is 12.1 Å². The molecule has 0 amide bonds. The molecule has 0 bridgehead atoms. The molecule has 1 aromatic rings. The first-order chi connectivity index (χ1) is 7.12. The van der Waals surface area contributed by atoms with Crippen LogP contribution in [0.5, 0.6) is 0 Å². The summed E-state index contributed by atoms with van der Waals surface area (Å²) in [5.74, 6) is -0.556. The van der Waals surface area contributed by atoms with Crippen molar-refractivity contribution in [3.8, 4) is 0 Å². The number of aryl methyl sites for hydroxylation is 1. The molecule has 0 unspecified atom stereocenters. The third kappa shape index (κ3) is 3.28. The van der Waals surface area contributed by atoms with Gasteiger partial charge >= 0.3 is 0 Å². The highest BCUT2D eigenvalue weighted by Gasteiger charge is 2.23. The lowest BCUT2D eigenvalue weighted by Crippen LogP contribution is -2.40. The van der Waals surface area contributed by atoms with E-state index in [9.17, 15) is 12.8 Å². The van der Waals surface area contributed by atoms with Crippen molar-refractivity contribution < 1.29 is 12.8 Å². The summed E-state index contributed by atoms with van der Waals surface area (Å²) in [7, 11) is -3.66. The van der Waals surface area contributed by atoms with Gasteiger partial charge in [-0.15, -0.1) is 0 Å². The molecule has 90 valence electrons. The summed E-state index contributed by atoms with van der Waals surface area (Å²) < 4.78 is 39.4. The average Bonchev–Trinajstić information content (AvgIpc) is 2.04. The van der Waals surface area contributed by atoms with Crippen LogP contribution in [0.1, 0.15) is 26.3 Å². The van der Waals surface area contributed by atoms with Crippen LogP contribution in [0, 0.1) is 12.7 Å². The number of hydrogen-bond donors (Lipinski definition) is 1. The van der Waals surface area contributed by atoms with E-state index in [0.717, 1.165) is 6.07 Å². The quantitative estimate of drug-likeness (QED) is 0.868. The van der Waals surface area contributed by atoms with Crippen molar-refractivity contribution >= 4 is 10.0 Å². The van der Waals surface area contributed by atoms with E-state index >= 15 is 0 Å². The Kier molecular flexibility index (Phi) is 3.40. The monoisotopic (exact) mass is 245 g/mol. The summed E-state index contributed by atoms with van der Waals surface area (Å²) in [4.78, 5) is -0.0116. The highest BCUT2D eigenvalue weighted by molar-refractivity contribution is 7.89. The maximum absolute atomic E-state index is 13.0. The van der Waals surface area contributed by atoms with Crippen molar-refractivity contribution in [2.45, 2.75) is 38.1 Å². The van der Waals surface area contributed by atoms with Crippen molar-refractivity contribution in [3.63, 3.8) is 0 Å². The molecule has 0 atom stereocenters. The third-order valence-corrected chi connectivity index (χ3v) is 3.78. The molecule has 1 N–H and O–H groups in total.